The molecule has 2 heterocycles. The molecule has 5 aromatic rings. The molecular weight excluding hydrogens is 346 g/mol. The van der Waals surface area contributed by atoms with Gasteiger partial charge in [0, 0.05) is 28.6 Å². The molecule has 0 saturated heterocycles. The van der Waals surface area contributed by atoms with Gasteiger partial charge >= 0.3 is 5.63 Å². The van der Waals surface area contributed by atoms with Crippen LogP contribution in [0.3, 0.4) is 0 Å². The second kappa shape index (κ2) is 6.78. The van der Waals surface area contributed by atoms with Crippen LogP contribution in [0.25, 0.3) is 32.9 Å². The van der Waals surface area contributed by atoms with E-state index >= 15 is 0 Å². The molecule has 2 aromatic heterocycles. The highest BCUT2D eigenvalue weighted by molar-refractivity contribution is 6.06. The molecule has 0 aliphatic carbocycles. The van der Waals surface area contributed by atoms with E-state index in [2.05, 4.69) is 41.1 Å². The zero-order chi connectivity index (χ0) is 18.9. The summed E-state index contributed by atoms with van der Waals surface area (Å²) in [6, 6.07) is 28.1. The molecule has 0 aliphatic heterocycles. The molecule has 0 unspecified atom stereocenters. The molecular formula is C25H18NO2+. The van der Waals surface area contributed by atoms with E-state index in [9.17, 15) is 4.79 Å². The quantitative estimate of drug-likeness (QED) is 0.258. The Morgan fingerprint density at radius 1 is 0.786 bits per heavy atom. The number of nitrogens with zero attached hydrogens (tertiary/aromatic N) is 1. The van der Waals surface area contributed by atoms with Crippen molar-refractivity contribution in [2.45, 2.75) is 6.54 Å². The van der Waals surface area contributed by atoms with E-state index in [4.69, 9.17) is 4.42 Å². The molecule has 0 N–H and O–H groups in total. The lowest BCUT2D eigenvalue weighted by Gasteiger charge is -2.07. The maximum atomic E-state index is 12.1. The highest BCUT2D eigenvalue weighted by Gasteiger charge is 2.14. The monoisotopic (exact) mass is 364 g/mol. The van der Waals surface area contributed by atoms with Crippen molar-refractivity contribution in [2.24, 2.45) is 0 Å². The third kappa shape index (κ3) is 2.97. The Kier molecular flexibility index (Phi) is 3.99. The van der Waals surface area contributed by atoms with Gasteiger partial charge in [0.05, 0.1) is 0 Å². The van der Waals surface area contributed by atoms with Crippen LogP contribution in [0.15, 0.2) is 107 Å². The van der Waals surface area contributed by atoms with E-state index in [1.54, 1.807) is 6.07 Å². The van der Waals surface area contributed by atoms with Crippen LogP contribution >= 0.6 is 0 Å². The van der Waals surface area contributed by atoms with Gasteiger partial charge in [0.1, 0.15) is 5.58 Å². The van der Waals surface area contributed by atoms with Crippen molar-refractivity contribution in [3.05, 3.63) is 113 Å². The van der Waals surface area contributed by atoms with Gasteiger partial charge in [-0.3, -0.25) is 0 Å². The van der Waals surface area contributed by atoms with Gasteiger partial charge in [0.2, 0.25) is 0 Å². The van der Waals surface area contributed by atoms with E-state index in [1.807, 2.05) is 54.7 Å². The largest absolute Gasteiger partial charge is 0.423 e. The number of aromatic nitrogens is 1. The number of hydrogen-bond donors (Lipinski definition) is 0. The molecule has 3 nitrogen and oxygen atoms in total. The molecule has 28 heavy (non-hydrogen) atoms. The molecule has 0 saturated carbocycles. The molecule has 0 aliphatic rings. The Hall–Kier alpha value is -3.72. The molecule has 134 valence electrons. The Bertz CT molecular complexity index is 1350. The summed E-state index contributed by atoms with van der Waals surface area (Å²) in [6.07, 6.45) is 4.14. The normalized spacial score (nSPS) is 11.1. The van der Waals surface area contributed by atoms with Crippen molar-refractivity contribution in [2.75, 3.05) is 0 Å². The number of hydrogen-bond acceptors (Lipinski definition) is 2. The standard InChI is InChI=1S/C25H18NO2/c27-24-15-21(25-22-11-5-4-9-19(22)12-13-23(25)28-24)17-26-14-6-10-20(16-26)18-7-2-1-3-8-18/h1-16H,17H2/q+1. The topological polar surface area (TPSA) is 34.1 Å². The fourth-order valence-electron chi connectivity index (χ4n) is 3.76. The summed E-state index contributed by atoms with van der Waals surface area (Å²) in [5, 5.41) is 3.22. The van der Waals surface area contributed by atoms with E-state index in [0.717, 1.165) is 27.3 Å². The van der Waals surface area contributed by atoms with Crippen LogP contribution in [0.2, 0.25) is 0 Å². The van der Waals surface area contributed by atoms with Crippen LogP contribution in [-0.4, -0.2) is 0 Å². The number of rotatable bonds is 3. The van der Waals surface area contributed by atoms with Crippen LogP contribution in [0, 0.1) is 0 Å². The molecule has 0 bridgehead atoms. The smallest absolute Gasteiger partial charge is 0.336 e. The predicted octanol–water partition coefficient (Wildman–Crippen LogP) is 4.95. The first-order chi connectivity index (χ1) is 13.8. The number of benzene rings is 3. The number of pyridine rings is 1. The van der Waals surface area contributed by atoms with Gasteiger partial charge in [-0.05, 0) is 28.5 Å². The van der Waals surface area contributed by atoms with Gasteiger partial charge in [-0.25, -0.2) is 9.36 Å². The van der Waals surface area contributed by atoms with Crippen LogP contribution < -0.4 is 10.2 Å². The second-order valence-electron chi connectivity index (χ2n) is 6.88. The minimum absolute atomic E-state index is 0.322. The predicted molar refractivity (Wildman–Crippen MR) is 111 cm³/mol. The molecule has 0 atom stereocenters. The van der Waals surface area contributed by atoms with Crippen LogP contribution in [-0.2, 0) is 6.54 Å². The van der Waals surface area contributed by atoms with Gasteiger partial charge in [-0.15, -0.1) is 0 Å². The first-order valence-corrected chi connectivity index (χ1v) is 9.27. The molecule has 0 spiro atoms. The third-order valence-electron chi connectivity index (χ3n) is 5.03. The Balaban J connectivity index is 1.66. The molecule has 0 amide bonds. The average molecular weight is 364 g/mol. The highest BCUT2D eigenvalue weighted by atomic mass is 16.4. The van der Waals surface area contributed by atoms with Gasteiger partial charge in [-0.1, -0.05) is 60.7 Å². The maximum Gasteiger partial charge on any atom is 0.336 e. The van der Waals surface area contributed by atoms with Crippen molar-refractivity contribution in [3.63, 3.8) is 0 Å². The lowest BCUT2D eigenvalue weighted by atomic mass is 10.0. The molecule has 3 heteroatoms. The summed E-state index contributed by atoms with van der Waals surface area (Å²) in [6.45, 7) is 0.594. The average Bonchev–Trinajstić information content (AvgIpc) is 2.74. The van der Waals surface area contributed by atoms with Crippen molar-refractivity contribution in [1.29, 1.82) is 0 Å². The summed E-state index contributed by atoms with van der Waals surface area (Å²) in [4.78, 5) is 12.1. The molecule has 0 radical (unpaired) electrons. The molecule has 0 fully saturated rings. The summed E-state index contributed by atoms with van der Waals surface area (Å²) >= 11 is 0. The number of fused-ring (bicyclic) bond motifs is 3. The third-order valence-corrected chi connectivity index (χ3v) is 5.03. The Labute approximate surface area is 162 Å². The van der Waals surface area contributed by atoms with Crippen molar-refractivity contribution < 1.29 is 8.98 Å². The SMILES string of the molecule is O=c1cc(C[n+]2cccc(-c3ccccc3)c2)c2c(ccc3ccccc32)o1. The maximum absolute atomic E-state index is 12.1. The highest BCUT2D eigenvalue weighted by Crippen LogP contribution is 2.27. The van der Waals surface area contributed by atoms with E-state index in [-0.39, 0.29) is 5.63 Å². The van der Waals surface area contributed by atoms with E-state index in [1.165, 1.54) is 5.56 Å². The summed E-state index contributed by atoms with van der Waals surface area (Å²) < 4.78 is 7.59. The Morgan fingerprint density at radius 2 is 1.57 bits per heavy atom. The van der Waals surface area contributed by atoms with Crippen LogP contribution in [0.4, 0.5) is 0 Å². The van der Waals surface area contributed by atoms with Gasteiger partial charge in [0.15, 0.2) is 18.9 Å². The van der Waals surface area contributed by atoms with Crippen LogP contribution in [0.1, 0.15) is 5.56 Å². The second-order valence-corrected chi connectivity index (χ2v) is 6.88. The van der Waals surface area contributed by atoms with Crippen molar-refractivity contribution in [1.82, 2.24) is 0 Å². The zero-order valence-electron chi connectivity index (χ0n) is 15.2. The summed E-state index contributed by atoms with van der Waals surface area (Å²) in [5.74, 6) is 0. The lowest BCUT2D eigenvalue weighted by molar-refractivity contribution is -0.687. The molecule has 5 rings (SSSR count). The summed E-state index contributed by atoms with van der Waals surface area (Å²) in [5.41, 5.74) is 3.57. The Morgan fingerprint density at radius 3 is 2.46 bits per heavy atom. The first kappa shape index (κ1) is 16.5. The fraction of sp³-hybridized carbons (Fsp3) is 0.0400. The van der Waals surface area contributed by atoms with Gasteiger partial charge in [-0.2, -0.15) is 0 Å². The first-order valence-electron chi connectivity index (χ1n) is 9.27. The van der Waals surface area contributed by atoms with E-state index in [0.29, 0.717) is 12.1 Å². The fourth-order valence-corrected chi connectivity index (χ4v) is 3.76. The van der Waals surface area contributed by atoms with Crippen molar-refractivity contribution >= 4 is 21.7 Å². The van der Waals surface area contributed by atoms with Gasteiger partial charge < -0.3 is 4.42 Å². The summed E-state index contributed by atoms with van der Waals surface area (Å²) in [7, 11) is 0. The minimum atomic E-state index is -0.322. The zero-order valence-corrected chi connectivity index (χ0v) is 15.2. The minimum Gasteiger partial charge on any atom is -0.423 e. The van der Waals surface area contributed by atoms with Gasteiger partial charge in [0.25, 0.3) is 0 Å². The molecule has 3 aromatic carbocycles. The van der Waals surface area contributed by atoms with Crippen LogP contribution in [0.5, 0.6) is 0 Å². The van der Waals surface area contributed by atoms with E-state index < -0.39 is 0 Å². The lowest BCUT2D eigenvalue weighted by Crippen LogP contribution is -2.33. The van der Waals surface area contributed by atoms with Crippen molar-refractivity contribution in [3.8, 4) is 11.1 Å².